The maximum atomic E-state index is 12.8. The largest absolute Gasteiger partial charge is 0.334 e. The fourth-order valence-electron chi connectivity index (χ4n) is 2.59. The van der Waals surface area contributed by atoms with Crippen LogP contribution in [0.4, 0.5) is 0 Å². The molecule has 2 N–H and O–H groups in total. The third-order valence-corrected chi connectivity index (χ3v) is 4.06. The summed E-state index contributed by atoms with van der Waals surface area (Å²) in [6.45, 7) is 5.94. The minimum atomic E-state index is -0.165. The van der Waals surface area contributed by atoms with Gasteiger partial charge in [-0.1, -0.05) is 50.6 Å². The van der Waals surface area contributed by atoms with Crippen LogP contribution in [0.25, 0.3) is 0 Å². The average molecular weight is 353 g/mol. The van der Waals surface area contributed by atoms with E-state index in [2.05, 4.69) is 17.8 Å². The van der Waals surface area contributed by atoms with Gasteiger partial charge in [0.15, 0.2) is 0 Å². The van der Waals surface area contributed by atoms with E-state index in [1.165, 1.54) is 0 Å². The van der Waals surface area contributed by atoms with E-state index in [1.54, 1.807) is 12.1 Å². The van der Waals surface area contributed by atoms with Gasteiger partial charge in [-0.2, -0.15) is 0 Å². The second kappa shape index (κ2) is 10.4. The average Bonchev–Trinajstić information content (AvgIpc) is 2.69. The molecule has 0 saturated heterocycles. The molecule has 0 unspecified atom stereocenters. The first-order chi connectivity index (χ1) is 12.7. The lowest BCUT2D eigenvalue weighted by atomic mass is 10.1. The molecule has 0 aliphatic heterocycles. The van der Waals surface area contributed by atoms with Gasteiger partial charge < -0.3 is 4.90 Å². The Kier molecular flexibility index (Phi) is 7.83. The number of amides is 2. The summed E-state index contributed by atoms with van der Waals surface area (Å²) in [6.07, 6.45) is 1.99. The van der Waals surface area contributed by atoms with Crippen molar-refractivity contribution < 1.29 is 9.59 Å². The van der Waals surface area contributed by atoms with Gasteiger partial charge in [0.2, 0.25) is 0 Å². The number of rotatable bonds is 9. The molecule has 0 saturated carbocycles. The lowest BCUT2D eigenvalue weighted by Crippen LogP contribution is -2.37. The third kappa shape index (κ3) is 5.70. The lowest BCUT2D eigenvalue weighted by molar-refractivity contribution is 0.0740. The Morgan fingerprint density at radius 3 is 2.23 bits per heavy atom. The van der Waals surface area contributed by atoms with Crippen LogP contribution in [0.5, 0.6) is 0 Å². The van der Waals surface area contributed by atoms with Gasteiger partial charge in [0.05, 0.1) is 0 Å². The van der Waals surface area contributed by atoms with Crippen molar-refractivity contribution in [2.24, 2.45) is 0 Å². The number of hydrazine groups is 1. The quantitative estimate of drug-likeness (QED) is 0.680. The molecule has 2 aromatic carbocycles. The Morgan fingerprint density at radius 2 is 1.62 bits per heavy atom. The fraction of sp³-hybridized carbons (Fsp3) is 0.333. The summed E-state index contributed by atoms with van der Waals surface area (Å²) in [5.74, 6) is -0.130. The summed E-state index contributed by atoms with van der Waals surface area (Å²) in [7, 11) is 0. The summed E-state index contributed by atoms with van der Waals surface area (Å²) >= 11 is 0. The molecule has 0 aliphatic rings. The van der Waals surface area contributed by atoms with Crippen LogP contribution in [0.1, 0.15) is 53.0 Å². The number of carbonyl (C=O) groups excluding carboxylic acids is 2. The predicted octanol–water partition coefficient (Wildman–Crippen LogP) is 3.38. The Balaban J connectivity index is 2.08. The maximum Gasteiger partial charge on any atom is 0.265 e. The van der Waals surface area contributed by atoms with Gasteiger partial charge in [0.1, 0.15) is 0 Å². The van der Waals surface area contributed by atoms with E-state index in [1.807, 2.05) is 54.3 Å². The summed E-state index contributed by atoms with van der Waals surface area (Å²) < 4.78 is 0. The monoisotopic (exact) mass is 353 g/mol. The highest BCUT2D eigenvalue weighted by Crippen LogP contribution is 2.12. The molecule has 0 heterocycles. The molecule has 0 radical (unpaired) electrons. The van der Waals surface area contributed by atoms with Crippen LogP contribution < -0.4 is 10.9 Å². The van der Waals surface area contributed by atoms with Gasteiger partial charge in [-0.3, -0.25) is 15.0 Å². The first kappa shape index (κ1) is 19.7. The van der Waals surface area contributed by atoms with Crippen molar-refractivity contribution in [1.29, 1.82) is 0 Å². The van der Waals surface area contributed by atoms with E-state index < -0.39 is 0 Å². The molecule has 0 atom stereocenters. The highest BCUT2D eigenvalue weighted by molar-refractivity contribution is 5.94. The minimum absolute atomic E-state index is 0.0352. The fourth-order valence-corrected chi connectivity index (χ4v) is 2.59. The standard InChI is InChI=1S/C21H27N3O2/c1-3-5-15-24(21(26)19-9-7-6-8-10-19)16-17-11-13-18(14-12-17)20(25)23-22-4-2/h6-14,22H,3-5,15-16H2,1-2H3,(H,23,25). The molecular weight excluding hydrogens is 326 g/mol. The molecule has 0 bridgehead atoms. The van der Waals surface area contributed by atoms with Gasteiger partial charge in [-0.15, -0.1) is 0 Å². The van der Waals surface area contributed by atoms with Crippen molar-refractivity contribution in [3.8, 4) is 0 Å². The molecule has 5 heteroatoms. The van der Waals surface area contributed by atoms with Crippen LogP contribution in [0.3, 0.4) is 0 Å². The highest BCUT2D eigenvalue weighted by atomic mass is 16.2. The molecule has 138 valence electrons. The van der Waals surface area contributed by atoms with E-state index in [-0.39, 0.29) is 11.8 Å². The molecule has 2 rings (SSSR count). The second-order valence-corrected chi connectivity index (χ2v) is 6.13. The molecule has 26 heavy (non-hydrogen) atoms. The van der Waals surface area contributed by atoms with Gasteiger partial charge in [-0.25, -0.2) is 5.43 Å². The summed E-state index contributed by atoms with van der Waals surface area (Å²) in [5, 5.41) is 0. The smallest absolute Gasteiger partial charge is 0.265 e. The van der Waals surface area contributed by atoms with Crippen molar-refractivity contribution in [3.63, 3.8) is 0 Å². The van der Waals surface area contributed by atoms with Crippen molar-refractivity contribution in [1.82, 2.24) is 15.8 Å². The van der Waals surface area contributed by atoms with E-state index in [0.717, 1.165) is 18.4 Å². The van der Waals surface area contributed by atoms with E-state index >= 15 is 0 Å². The Labute approximate surface area is 155 Å². The molecule has 2 amide bonds. The summed E-state index contributed by atoms with van der Waals surface area (Å²) in [4.78, 5) is 26.6. The predicted molar refractivity (Wildman–Crippen MR) is 104 cm³/mol. The normalized spacial score (nSPS) is 10.4. The molecule has 0 fully saturated rings. The van der Waals surface area contributed by atoms with Gasteiger partial charge in [0, 0.05) is 30.8 Å². The van der Waals surface area contributed by atoms with E-state index in [0.29, 0.717) is 30.8 Å². The van der Waals surface area contributed by atoms with Crippen LogP contribution in [0.2, 0.25) is 0 Å². The van der Waals surface area contributed by atoms with Crippen LogP contribution in [-0.4, -0.2) is 29.8 Å². The van der Waals surface area contributed by atoms with Crippen LogP contribution in [-0.2, 0) is 6.54 Å². The zero-order valence-electron chi connectivity index (χ0n) is 15.5. The van der Waals surface area contributed by atoms with E-state index in [4.69, 9.17) is 0 Å². The molecule has 5 nitrogen and oxygen atoms in total. The van der Waals surface area contributed by atoms with Crippen molar-refractivity contribution in [2.45, 2.75) is 33.2 Å². The maximum absolute atomic E-state index is 12.8. The number of hydrogen-bond acceptors (Lipinski definition) is 3. The third-order valence-electron chi connectivity index (χ3n) is 4.06. The summed E-state index contributed by atoms with van der Waals surface area (Å²) in [6, 6.07) is 16.7. The lowest BCUT2D eigenvalue weighted by Gasteiger charge is -2.23. The Hall–Kier alpha value is -2.66. The minimum Gasteiger partial charge on any atom is -0.334 e. The Bertz CT molecular complexity index is 699. The van der Waals surface area contributed by atoms with Crippen molar-refractivity contribution in [3.05, 3.63) is 71.3 Å². The first-order valence-corrected chi connectivity index (χ1v) is 9.12. The SMILES string of the molecule is CCCCN(Cc1ccc(C(=O)NNCC)cc1)C(=O)c1ccccc1. The van der Waals surface area contributed by atoms with Crippen molar-refractivity contribution >= 4 is 11.8 Å². The number of benzene rings is 2. The van der Waals surface area contributed by atoms with Crippen molar-refractivity contribution in [2.75, 3.05) is 13.1 Å². The number of unbranched alkanes of at least 4 members (excludes halogenated alkanes) is 1. The number of hydrogen-bond donors (Lipinski definition) is 2. The molecule has 0 aromatic heterocycles. The zero-order chi connectivity index (χ0) is 18.8. The topological polar surface area (TPSA) is 61.4 Å². The summed E-state index contributed by atoms with van der Waals surface area (Å²) in [5.41, 5.74) is 7.71. The molecule has 2 aromatic rings. The number of carbonyl (C=O) groups is 2. The second-order valence-electron chi connectivity index (χ2n) is 6.13. The molecular formula is C21H27N3O2. The van der Waals surface area contributed by atoms with Gasteiger partial charge in [0.25, 0.3) is 11.8 Å². The highest BCUT2D eigenvalue weighted by Gasteiger charge is 2.15. The molecule has 0 aliphatic carbocycles. The first-order valence-electron chi connectivity index (χ1n) is 9.12. The Morgan fingerprint density at radius 1 is 0.923 bits per heavy atom. The zero-order valence-corrected chi connectivity index (χ0v) is 15.5. The number of nitrogens with zero attached hydrogens (tertiary/aromatic N) is 1. The number of nitrogens with one attached hydrogen (secondary N) is 2. The van der Waals surface area contributed by atoms with Crippen LogP contribution in [0, 0.1) is 0 Å². The van der Waals surface area contributed by atoms with Crippen LogP contribution in [0.15, 0.2) is 54.6 Å². The van der Waals surface area contributed by atoms with Crippen LogP contribution >= 0.6 is 0 Å². The van der Waals surface area contributed by atoms with Gasteiger partial charge in [-0.05, 0) is 36.2 Å². The van der Waals surface area contributed by atoms with Gasteiger partial charge >= 0.3 is 0 Å². The molecule has 0 spiro atoms. The van der Waals surface area contributed by atoms with E-state index in [9.17, 15) is 9.59 Å².